The molecule has 0 bridgehead atoms. The van der Waals surface area contributed by atoms with Crippen molar-refractivity contribution in [3.63, 3.8) is 0 Å². The Kier molecular flexibility index (Phi) is 3.57. The Bertz CT molecular complexity index is 1250. The fraction of sp³-hybridized carbons (Fsp3) is 0.0500. The molecule has 6 nitrogen and oxygen atoms in total. The van der Waals surface area contributed by atoms with Gasteiger partial charge >= 0.3 is 0 Å². The Morgan fingerprint density at radius 1 is 0.963 bits per heavy atom. The molecule has 0 aliphatic rings. The van der Waals surface area contributed by atoms with E-state index in [1.54, 1.807) is 18.5 Å². The van der Waals surface area contributed by atoms with Crippen molar-refractivity contribution in [1.29, 1.82) is 0 Å². The average Bonchev–Trinajstić information content (AvgIpc) is 3.30. The molecule has 0 fully saturated rings. The highest BCUT2D eigenvalue weighted by Gasteiger charge is 2.13. The second-order valence-corrected chi connectivity index (χ2v) is 6.17. The number of aromatic amines is 2. The van der Waals surface area contributed by atoms with Crippen molar-refractivity contribution in [1.82, 2.24) is 25.1 Å². The van der Waals surface area contributed by atoms with E-state index < -0.39 is 0 Å². The zero-order valence-corrected chi connectivity index (χ0v) is 14.1. The molecule has 0 radical (unpaired) electrons. The summed E-state index contributed by atoms with van der Waals surface area (Å²) in [6, 6.07) is 14.0. The highest BCUT2D eigenvalue weighted by molar-refractivity contribution is 5.93. The summed E-state index contributed by atoms with van der Waals surface area (Å²) in [5.41, 5.74) is 3.98. The van der Waals surface area contributed by atoms with Crippen LogP contribution in [0, 0.1) is 5.82 Å². The zero-order chi connectivity index (χ0) is 18.2. The van der Waals surface area contributed by atoms with Gasteiger partial charge in [-0.1, -0.05) is 0 Å². The summed E-state index contributed by atoms with van der Waals surface area (Å²) in [6.45, 7) is 0.463. The first-order valence-electron chi connectivity index (χ1n) is 8.42. The van der Waals surface area contributed by atoms with Crippen LogP contribution in [0.4, 0.5) is 4.39 Å². The van der Waals surface area contributed by atoms with Gasteiger partial charge in [-0.3, -0.25) is 10.1 Å². The standard InChI is InChI=1S/C20H14FN5O/c21-13-1-3-15-17(9-13)25-26-19(15)20-23-16-4-2-14(10-18(16)24-20)27-11-12-5-7-22-8-6-12/h1-10H,11H2,(H,23,24)(H,25,26). The van der Waals surface area contributed by atoms with Crippen molar-refractivity contribution >= 4 is 21.9 Å². The molecule has 0 spiro atoms. The van der Waals surface area contributed by atoms with Gasteiger partial charge in [-0.15, -0.1) is 0 Å². The molecule has 2 N–H and O–H groups in total. The van der Waals surface area contributed by atoms with E-state index in [0.717, 1.165) is 27.7 Å². The van der Waals surface area contributed by atoms with Crippen molar-refractivity contribution in [3.05, 3.63) is 72.3 Å². The second kappa shape index (κ2) is 6.21. The number of nitrogens with one attached hydrogen (secondary N) is 2. The highest BCUT2D eigenvalue weighted by atomic mass is 19.1. The van der Waals surface area contributed by atoms with Gasteiger partial charge in [0.15, 0.2) is 5.82 Å². The maximum absolute atomic E-state index is 13.4. The molecular weight excluding hydrogens is 345 g/mol. The third-order valence-electron chi connectivity index (χ3n) is 4.36. The predicted molar refractivity (Wildman–Crippen MR) is 99.7 cm³/mol. The molecule has 0 saturated carbocycles. The Morgan fingerprint density at radius 3 is 2.74 bits per heavy atom. The molecule has 3 aromatic heterocycles. The summed E-state index contributed by atoms with van der Waals surface area (Å²) in [5.74, 6) is 1.05. The number of nitrogens with zero attached hydrogens (tertiary/aromatic N) is 3. The molecule has 0 atom stereocenters. The van der Waals surface area contributed by atoms with Gasteiger partial charge in [0.2, 0.25) is 0 Å². The number of pyridine rings is 1. The van der Waals surface area contributed by atoms with Gasteiger partial charge in [-0.25, -0.2) is 9.37 Å². The number of hydrogen-bond acceptors (Lipinski definition) is 4. The molecule has 132 valence electrons. The van der Waals surface area contributed by atoms with Crippen molar-refractivity contribution in [2.75, 3.05) is 0 Å². The normalized spacial score (nSPS) is 11.3. The van der Waals surface area contributed by atoms with Crippen LogP contribution < -0.4 is 4.74 Å². The first-order chi connectivity index (χ1) is 13.3. The lowest BCUT2D eigenvalue weighted by Gasteiger charge is -2.05. The monoisotopic (exact) mass is 359 g/mol. The van der Waals surface area contributed by atoms with Crippen LogP contribution in [0.1, 0.15) is 5.56 Å². The number of rotatable bonds is 4. The minimum Gasteiger partial charge on any atom is -0.489 e. The number of H-pyrrole nitrogens is 2. The third kappa shape index (κ3) is 2.89. The molecule has 7 heteroatoms. The van der Waals surface area contributed by atoms with E-state index in [2.05, 4.69) is 25.1 Å². The number of benzene rings is 2. The number of halogens is 1. The van der Waals surface area contributed by atoms with Gasteiger partial charge < -0.3 is 9.72 Å². The molecule has 0 amide bonds. The van der Waals surface area contributed by atoms with E-state index in [1.807, 2.05) is 30.3 Å². The van der Waals surface area contributed by atoms with Gasteiger partial charge in [0, 0.05) is 23.8 Å². The van der Waals surface area contributed by atoms with Crippen LogP contribution in [-0.4, -0.2) is 25.1 Å². The molecule has 3 heterocycles. The van der Waals surface area contributed by atoms with Crippen LogP contribution in [0.2, 0.25) is 0 Å². The van der Waals surface area contributed by atoms with Gasteiger partial charge in [-0.05, 0) is 48.0 Å². The third-order valence-corrected chi connectivity index (χ3v) is 4.36. The quantitative estimate of drug-likeness (QED) is 0.503. The van der Waals surface area contributed by atoms with Crippen molar-refractivity contribution < 1.29 is 9.13 Å². The largest absolute Gasteiger partial charge is 0.489 e. The topological polar surface area (TPSA) is 79.5 Å². The maximum atomic E-state index is 13.4. The van der Waals surface area contributed by atoms with E-state index in [9.17, 15) is 4.39 Å². The van der Waals surface area contributed by atoms with Crippen molar-refractivity contribution in [2.45, 2.75) is 6.61 Å². The first kappa shape index (κ1) is 15.5. The van der Waals surface area contributed by atoms with E-state index in [0.29, 0.717) is 23.6 Å². The van der Waals surface area contributed by atoms with Crippen LogP contribution in [0.5, 0.6) is 5.75 Å². The second-order valence-electron chi connectivity index (χ2n) is 6.17. The van der Waals surface area contributed by atoms with Crippen molar-refractivity contribution in [3.8, 4) is 17.3 Å². The smallest absolute Gasteiger partial charge is 0.159 e. The summed E-state index contributed by atoms with van der Waals surface area (Å²) >= 11 is 0. The molecule has 5 aromatic rings. The summed E-state index contributed by atoms with van der Waals surface area (Å²) < 4.78 is 19.2. The van der Waals surface area contributed by atoms with E-state index in [1.165, 1.54) is 12.1 Å². The number of imidazole rings is 1. The SMILES string of the molecule is Fc1ccc2c(-c3nc4ccc(OCc5ccncc5)cc4[nH]3)n[nH]c2c1. The average molecular weight is 359 g/mol. The van der Waals surface area contributed by atoms with Crippen LogP contribution in [0.15, 0.2) is 60.9 Å². The highest BCUT2D eigenvalue weighted by Crippen LogP contribution is 2.28. The van der Waals surface area contributed by atoms with Gasteiger partial charge in [0.25, 0.3) is 0 Å². The molecule has 5 rings (SSSR count). The lowest BCUT2D eigenvalue weighted by molar-refractivity contribution is 0.306. The van der Waals surface area contributed by atoms with E-state index in [-0.39, 0.29) is 5.82 Å². The Morgan fingerprint density at radius 2 is 1.85 bits per heavy atom. The summed E-state index contributed by atoms with van der Waals surface area (Å²) in [6.07, 6.45) is 3.48. The Balaban J connectivity index is 1.46. The predicted octanol–water partition coefficient (Wildman–Crippen LogP) is 4.22. The lowest BCUT2D eigenvalue weighted by Crippen LogP contribution is -1.95. The molecule has 2 aromatic carbocycles. The molecule has 0 saturated heterocycles. The maximum Gasteiger partial charge on any atom is 0.159 e. The summed E-state index contributed by atoms with van der Waals surface area (Å²) in [7, 11) is 0. The number of fused-ring (bicyclic) bond motifs is 2. The minimum absolute atomic E-state index is 0.307. The van der Waals surface area contributed by atoms with Crippen molar-refractivity contribution in [2.24, 2.45) is 0 Å². The van der Waals surface area contributed by atoms with Crippen LogP contribution in [0.3, 0.4) is 0 Å². The molecule has 0 unspecified atom stereocenters. The first-order valence-corrected chi connectivity index (χ1v) is 8.42. The minimum atomic E-state index is -0.307. The molecular formula is C20H14FN5O. The van der Waals surface area contributed by atoms with Gasteiger partial charge in [-0.2, -0.15) is 5.10 Å². The van der Waals surface area contributed by atoms with E-state index >= 15 is 0 Å². The van der Waals surface area contributed by atoms with Crippen LogP contribution >= 0.6 is 0 Å². The van der Waals surface area contributed by atoms with Crippen LogP contribution in [-0.2, 0) is 6.61 Å². The fourth-order valence-corrected chi connectivity index (χ4v) is 3.01. The Hall–Kier alpha value is -3.74. The Labute approximate surface area is 153 Å². The molecule has 0 aliphatic carbocycles. The number of hydrogen-bond donors (Lipinski definition) is 2. The summed E-state index contributed by atoms with van der Waals surface area (Å²) in [4.78, 5) is 11.9. The zero-order valence-electron chi connectivity index (χ0n) is 14.1. The molecule has 0 aliphatic heterocycles. The summed E-state index contributed by atoms with van der Waals surface area (Å²) in [5, 5.41) is 7.93. The number of ether oxygens (including phenoxy) is 1. The van der Waals surface area contributed by atoms with Crippen LogP contribution in [0.25, 0.3) is 33.5 Å². The fourth-order valence-electron chi connectivity index (χ4n) is 3.01. The van der Waals surface area contributed by atoms with Gasteiger partial charge in [0.1, 0.15) is 23.9 Å². The van der Waals surface area contributed by atoms with Gasteiger partial charge in [0.05, 0.1) is 16.6 Å². The molecule has 27 heavy (non-hydrogen) atoms. The van der Waals surface area contributed by atoms with E-state index in [4.69, 9.17) is 4.74 Å². The number of aromatic nitrogens is 5. The lowest BCUT2D eigenvalue weighted by atomic mass is 10.2.